The van der Waals surface area contributed by atoms with Crippen molar-refractivity contribution in [2.45, 2.75) is 19.4 Å². The van der Waals surface area contributed by atoms with Crippen molar-refractivity contribution < 1.29 is 19.1 Å². The molecular weight excluding hydrogens is 412 g/mol. The van der Waals surface area contributed by atoms with Gasteiger partial charge in [-0.05, 0) is 43.7 Å². The van der Waals surface area contributed by atoms with Crippen LogP contribution in [0, 0.1) is 6.92 Å². The van der Waals surface area contributed by atoms with Crippen LogP contribution in [0.15, 0.2) is 48.5 Å². The zero-order valence-electron chi connectivity index (χ0n) is 17.8. The number of aromatic amines is 1. The van der Waals surface area contributed by atoms with Crippen molar-refractivity contribution in [3.05, 3.63) is 59.9 Å². The summed E-state index contributed by atoms with van der Waals surface area (Å²) in [5.74, 6) is 0.798. The topological polar surface area (TPSA) is 129 Å². The molecule has 1 atom stereocenters. The summed E-state index contributed by atoms with van der Waals surface area (Å²) in [7, 11) is 1.54. The fraction of sp³-hybridized carbons (Fsp3) is 0.227. The molecule has 0 spiro atoms. The molecule has 0 aliphatic carbocycles. The Morgan fingerprint density at radius 3 is 2.59 bits per heavy atom. The minimum Gasteiger partial charge on any atom is -0.497 e. The number of rotatable bonds is 6. The molecule has 1 aliphatic heterocycles. The van der Waals surface area contributed by atoms with E-state index in [9.17, 15) is 14.4 Å². The van der Waals surface area contributed by atoms with Gasteiger partial charge in [-0.3, -0.25) is 19.6 Å². The molecule has 0 saturated carbocycles. The number of H-pyrrole nitrogens is 1. The van der Waals surface area contributed by atoms with E-state index in [0.29, 0.717) is 34.2 Å². The highest BCUT2D eigenvalue weighted by Gasteiger charge is 2.49. The second-order valence-corrected chi connectivity index (χ2v) is 7.55. The zero-order chi connectivity index (χ0) is 22.9. The van der Waals surface area contributed by atoms with Crippen LogP contribution in [0.25, 0.3) is 11.4 Å². The van der Waals surface area contributed by atoms with Crippen LogP contribution < -0.4 is 15.4 Å². The second-order valence-electron chi connectivity index (χ2n) is 7.55. The lowest BCUT2D eigenvalue weighted by Crippen LogP contribution is -2.42. The summed E-state index contributed by atoms with van der Waals surface area (Å²) in [4.78, 5) is 43.3. The van der Waals surface area contributed by atoms with Gasteiger partial charge in [-0.1, -0.05) is 24.3 Å². The Hall–Kier alpha value is -4.21. The molecule has 1 aromatic heterocycles. The van der Waals surface area contributed by atoms with Crippen LogP contribution in [0.2, 0.25) is 0 Å². The summed E-state index contributed by atoms with van der Waals surface area (Å²) in [6.45, 7) is 2.98. The molecule has 1 saturated heterocycles. The van der Waals surface area contributed by atoms with Gasteiger partial charge in [0.15, 0.2) is 5.82 Å². The Morgan fingerprint density at radius 2 is 1.94 bits per heavy atom. The first-order valence-electron chi connectivity index (χ1n) is 9.88. The van der Waals surface area contributed by atoms with Gasteiger partial charge in [0.05, 0.1) is 7.11 Å². The highest BCUT2D eigenvalue weighted by atomic mass is 16.5. The zero-order valence-corrected chi connectivity index (χ0v) is 17.8. The number of nitrogens with one attached hydrogen (secondary N) is 3. The van der Waals surface area contributed by atoms with Crippen molar-refractivity contribution in [2.75, 3.05) is 19.0 Å². The lowest BCUT2D eigenvalue weighted by Gasteiger charge is -2.22. The van der Waals surface area contributed by atoms with E-state index in [1.54, 1.807) is 63.4 Å². The minimum absolute atomic E-state index is 0.416. The van der Waals surface area contributed by atoms with E-state index in [-0.39, 0.29) is 0 Å². The standard InChI is InChI=1S/C22H22N6O4/c1-13-23-19(27-26-13)14-5-4-6-16(11-14)24-18(29)12-28-20(30)22(2,25-21(28)31)15-7-9-17(32-3)10-8-15/h4-11H,12H2,1-3H3,(H,24,29)(H,25,31)(H,23,26,27). The van der Waals surface area contributed by atoms with Crippen LogP contribution in [0.4, 0.5) is 10.5 Å². The fourth-order valence-corrected chi connectivity index (χ4v) is 3.51. The van der Waals surface area contributed by atoms with Gasteiger partial charge in [0.1, 0.15) is 23.7 Å². The van der Waals surface area contributed by atoms with Gasteiger partial charge in [0.25, 0.3) is 5.91 Å². The average Bonchev–Trinajstić information content (AvgIpc) is 3.31. The maximum absolute atomic E-state index is 13.0. The first kappa shape index (κ1) is 21.0. The molecule has 1 aliphatic rings. The number of amides is 4. The molecular formula is C22H22N6O4. The van der Waals surface area contributed by atoms with Crippen LogP contribution in [-0.4, -0.2) is 51.6 Å². The third kappa shape index (κ3) is 3.89. The second kappa shape index (κ2) is 8.14. The Bertz CT molecular complexity index is 1190. The molecule has 164 valence electrons. The molecule has 4 amide bonds. The van der Waals surface area contributed by atoms with Gasteiger partial charge in [-0.2, -0.15) is 5.10 Å². The summed E-state index contributed by atoms with van der Waals surface area (Å²) >= 11 is 0. The predicted octanol–water partition coefficient (Wildman–Crippen LogP) is 2.19. The molecule has 10 nitrogen and oxygen atoms in total. The van der Waals surface area contributed by atoms with Crippen LogP contribution in [0.1, 0.15) is 18.3 Å². The smallest absolute Gasteiger partial charge is 0.325 e. The Balaban J connectivity index is 1.46. The number of methoxy groups -OCH3 is 1. The molecule has 1 unspecified atom stereocenters. The summed E-state index contributed by atoms with van der Waals surface area (Å²) in [5, 5.41) is 12.3. The number of aromatic nitrogens is 3. The number of hydrogen-bond acceptors (Lipinski definition) is 6. The van der Waals surface area contributed by atoms with E-state index in [4.69, 9.17) is 4.74 Å². The molecule has 32 heavy (non-hydrogen) atoms. The summed E-state index contributed by atoms with van der Waals surface area (Å²) < 4.78 is 5.14. The first-order chi connectivity index (χ1) is 15.3. The normalized spacial score (nSPS) is 17.9. The van der Waals surface area contributed by atoms with E-state index >= 15 is 0 Å². The number of benzene rings is 2. The number of carbonyl (C=O) groups is 3. The average molecular weight is 434 g/mol. The number of aryl methyl sites for hydroxylation is 1. The van der Waals surface area contributed by atoms with Crippen molar-refractivity contribution in [1.29, 1.82) is 0 Å². The maximum atomic E-state index is 13.0. The number of carbonyl (C=O) groups excluding carboxylic acids is 3. The number of nitrogens with zero attached hydrogens (tertiary/aromatic N) is 3. The first-order valence-corrected chi connectivity index (χ1v) is 9.88. The van der Waals surface area contributed by atoms with E-state index in [1.807, 2.05) is 6.07 Å². The van der Waals surface area contributed by atoms with Crippen LogP contribution in [0.3, 0.4) is 0 Å². The van der Waals surface area contributed by atoms with Gasteiger partial charge in [-0.15, -0.1) is 0 Å². The molecule has 2 heterocycles. The molecule has 3 N–H and O–H groups in total. The molecule has 4 rings (SSSR count). The van der Waals surface area contributed by atoms with E-state index in [0.717, 1.165) is 4.90 Å². The predicted molar refractivity (Wildman–Crippen MR) is 116 cm³/mol. The van der Waals surface area contributed by atoms with Crippen LogP contribution in [0.5, 0.6) is 5.75 Å². The summed E-state index contributed by atoms with van der Waals surface area (Å²) in [5.41, 5.74) is 0.538. The molecule has 10 heteroatoms. The van der Waals surface area contributed by atoms with Crippen LogP contribution in [-0.2, 0) is 15.1 Å². The van der Waals surface area contributed by atoms with E-state index in [2.05, 4.69) is 25.8 Å². The van der Waals surface area contributed by atoms with Crippen molar-refractivity contribution in [1.82, 2.24) is 25.4 Å². The fourth-order valence-electron chi connectivity index (χ4n) is 3.51. The van der Waals surface area contributed by atoms with Gasteiger partial charge >= 0.3 is 6.03 Å². The van der Waals surface area contributed by atoms with Gasteiger partial charge in [0.2, 0.25) is 5.91 Å². The summed E-state index contributed by atoms with van der Waals surface area (Å²) in [6, 6.07) is 13.2. The minimum atomic E-state index is -1.27. The SMILES string of the molecule is COc1ccc(C2(C)NC(=O)N(CC(=O)Nc3cccc(-c4n[nH]c(C)n4)c3)C2=O)cc1. The third-order valence-electron chi connectivity index (χ3n) is 5.25. The lowest BCUT2D eigenvalue weighted by molar-refractivity contribution is -0.133. The maximum Gasteiger partial charge on any atom is 0.325 e. The molecule has 0 bridgehead atoms. The van der Waals surface area contributed by atoms with E-state index in [1.165, 1.54) is 0 Å². The van der Waals surface area contributed by atoms with Crippen molar-refractivity contribution in [3.8, 4) is 17.1 Å². The summed E-state index contributed by atoms with van der Waals surface area (Å²) in [6.07, 6.45) is 0. The Kier molecular flexibility index (Phi) is 5.35. The highest BCUT2D eigenvalue weighted by molar-refractivity contribution is 6.10. The number of anilines is 1. The molecule has 2 aromatic carbocycles. The lowest BCUT2D eigenvalue weighted by atomic mass is 9.92. The van der Waals surface area contributed by atoms with Crippen molar-refractivity contribution in [2.24, 2.45) is 0 Å². The highest BCUT2D eigenvalue weighted by Crippen LogP contribution is 2.30. The van der Waals surface area contributed by atoms with E-state index < -0.39 is 29.9 Å². The van der Waals surface area contributed by atoms with Gasteiger partial charge in [-0.25, -0.2) is 9.78 Å². The van der Waals surface area contributed by atoms with Crippen molar-refractivity contribution in [3.63, 3.8) is 0 Å². The monoisotopic (exact) mass is 434 g/mol. The van der Waals surface area contributed by atoms with Gasteiger partial charge < -0.3 is 15.4 Å². The number of hydrogen-bond donors (Lipinski definition) is 3. The molecule has 1 fully saturated rings. The quantitative estimate of drug-likeness (QED) is 0.510. The number of imide groups is 1. The van der Waals surface area contributed by atoms with Crippen molar-refractivity contribution >= 4 is 23.5 Å². The molecule has 0 radical (unpaired) electrons. The number of ether oxygens (including phenoxy) is 1. The third-order valence-corrected chi connectivity index (χ3v) is 5.25. The van der Waals surface area contributed by atoms with Crippen LogP contribution >= 0.6 is 0 Å². The Morgan fingerprint density at radius 1 is 1.19 bits per heavy atom. The number of urea groups is 1. The molecule has 3 aromatic rings. The Labute approximate surface area is 184 Å². The van der Waals surface area contributed by atoms with Gasteiger partial charge in [0, 0.05) is 11.3 Å². The largest absolute Gasteiger partial charge is 0.497 e.